The van der Waals surface area contributed by atoms with Gasteiger partial charge in [-0.05, 0) is 6.42 Å². The zero-order valence-electron chi connectivity index (χ0n) is 20.9. The summed E-state index contributed by atoms with van der Waals surface area (Å²) in [6.45, 7) is 3.89. The summed E-state index contributed by atoms with van der Waals surface area (Å²) in [7, 11) is -0.0725. The number of phosphoric acid groups is 1. The number of hydrogen-bond acceptors (Lipinski definition) is 4. The molecule has 0 saturated carbocycles. The summed E-state index contributed by atoms with van der Waals surface area (Å²) in [4.78, 5) is 9.72. The molecule has 0 aliphatic heterocycles. The minimum atomic E-state index is -3.96. The Kier molecular flexibility index (Phi) is 20.6. The lowest BCUT2D eigenvalue weighted by Gasteiger charge is -2.28. The second-order valence-electron chi connectivity index (χ2n) is 9.54. The molecule has 1 unspecified atom stereocenters. The van der Waals surface area contributed by atoms with E-state index in [1.165, 1.54) is 83.5 Å². The van der Waals surface area contributed by atoms with Crippen molar-refractivity contribution in [3.63, 3.8) is 0 Å². The first-order chi connectivity index (χ1) is 14.8. The third-order valence-electron chi connectivity index (χ3n) is 5.91. The third kappa shape index (κ3) is 23.0. The monoisotopic (exact) mass is 466 g/mol. The van der Waals surface area contributed by atoms with E-state index in [1.807, 2.05) is 14.1 Å². The van der Waals surface area contributed by atoms with Gasteiger partial charge in [0.15, 0.2) is 0 Å². The first-order valence-electron chi connectivity index (χ1n) is 12.9. The highest BCUT2D eigenvalue weighted by Gasteiger charge is 2.23. The van der Waals surface area contributed by atoms with Crippen LogP contribution in [0, 0.1) is 0 Å². The highest BCUT2D eigenvalue weighted by Crippen LogP contribution is 2.43. The average molecular weight is 467 g/mol. The van der Waals surface area contributed by atoms with Gasteiger partial charge in [-0.2, -0.15) is 0 Å². The smallest absolute Gasteiger partial charge is 0.391 e. The summed E-state index contributed by atoms with van der Waals surface area (Å²) < 4.78 is 22.5. The molecule has 0 spiro atoms. The van der Waals surface area contributed by atoms with Gasteiger partial charge in [-0.3, -0.25) is 9.05 Å². The number of unbranched alkanes of at least 4 members (excludes halogenated alkanes) is 15. The molecule has 0 aromatic rings. The standard InChI is InChI=1S/C24H52NO5P/c1-4-5-6-7-8-9-10-11-12-13-14-15-16-17-18-19-23-29-31(27,28)30-24-21-25(2,3)20-22-26/h26H,4-24H2,1-3H3/p+1. The van der Waals surface area contributed by atoms with E-state index >= 15 is 0 Å². The van der Waals surface area contributed by atoms with Crippen molar-refractivity contribution in [3.05, 3.63) is 0 Å². The van der Waals surface area contributed by atoms with Gasteiger partial charge in [-0.25, -0.2) is 4.57 Å². The molecule has 0 aliphatic rings. The van der Waals surface area contributed by atoms with Crippen molar-refractivity contribution in [1.82, 2.24) is 0 Å². The molecule has 0 saturated heterocycles. The number of rotatable bonds is 24. The van der Waals surface area contributed by atoms with Crippen LogP contribution >= 0.6 is 7.82 Å². The Labute approximate surface area is 192 Å². The average Bonchev–Trinajstić information content (AvgIpc) is 2.70. The largest absolute Gasteiger partial charge is 0.472 e. The topological polar surface area (TPSA) is 76.0 Å². The first kappa shape index (κ1) is 31.0. The van der Waals surface area contributed by atoms with Crippen molar-refractivity contribution >= 4 is 7.82 Å². The van der Waals surface area contributed by atoms with Gasteiger partial charge in [0.25, 0.3) is 0 Å². The molecule has 188 valence electrons. The lowest BCUT2D eigenvalue weighted by Crippen LogP contribution is -2.44. The molecule has 2 N–H and O–H groups in total. The third-order valence-corrected chi connectivity index (χ3v) is 6.93. The fraction of sp³-hybridized carbons (Fsp3) is 1.00. The zero-order valence-corrected chi connectivity index (χ0v) is 21.8. The van der Waals surface area contributed by atoms with Crippen LogP contribution in [-0.2, 0) is 13.6 Å². The Bertz CT molecular complexity index is 434. The van der Waals surface area contributed by atoms with Gasteiger partial charge in [0.05, 0.1) is 27.3 Å². The maximum atomic E-state index is 11.9. The second-order valence-corrected chi connectivity index (χ2v) is 11.0. The second kappa shape index (κ2) is 20.6. The summed E-state index contributed by atoms with van der Waals surface area (Å²) in [5, 5.41) is 8.99. The SMILES string of the molecule is CCCCCCCCCCCCCCCCCCOP(=O)(O)OCC[N+](C)(C)CCO. The van der Waals surface area contributed by atoms with Crippen molar-refractivity contribution in [1.29, 1.82) is 0 Å². The van der Waals surface area contributed by atoms with Crippen molar-refractivity contribution in [3.8, 4) is 0 Å². The Hall–Kier alpha value is 0.0300. The number of hydrogen-bond donors (Lipinski definition) is 2. The van der Waals surface area contributed by atoms with Gasteiger partial charge in [0, 0.05) is 0 Å². The summed E-state index contributed by atoms with van der Waals surface area (Å²) in [5.41, 5.74) is 0. The molecule has 0 rings (SSSR count). The highest BCUT2D eigenvalue weighted by molar-refractivity contribution is 7.47. The Morgan fingerprint density at radius 2 is 1.03 bits per heavy atom. The molecule has 0 aromatic carbocycles. The molecule has 1 atom stereocenters. The van der Waals surface area contributed by atoms with E-state index in [2.05, 4.69) is 6.92 Å². The van der Waals surface area contributed by atoms with Crippen LogP contribution in [0.1, 0.15) is 110 Å². The van der Waals surface area contributed by atoms with E-state index in [0.717, 1.165) is 19.3 Å². The molecule has 0 aliphatic carbocycles. The minimum Gasteiger partial charge on any atom is -0.391 e. The Morgan fingerprint density at radius 3 is 1.45 bits per heavy atom. The van der Waals surface area contributed by atoms with Crippen LogP contribution in [0.5, 0.6) is 0 Å². The summed E-state index contributed by atoms with van der Waals surface area (Å²) in [5.74, 6) is 0. The van der Waals surface area contributed by atoms with E-state index < -0.39 is 7.82 Å². The molecule has 0 fully saturated rings. The van der Waals surface area contributed by atoms with Crippen LogP contribution in [-0.4, -0.2) is 61.5 Å². The van der Waals surface area contributed by atoms with Crippen LogP contribution in [0.2, 0.25) is 0 Å². The fourth-order valence-electron chi connectivity index (χ4n) is 3.65. The molecule has 0 aromatic heterocycles. The van der Waals surface area contributed by atoms with Crippen molar-refractivity contribution in [2.24, 2.45) is 0 Å². The van der Waals surface area contributed by atoms with E-state index in [9.17, 15) is 9.46 Å². The maximum Gasteiger partial charge on any atom is 0.472 e. The number of phosphoric ester groups is 1. The molecule has 0 bridgehead atoms. The molecule has 0 heterocycles. The lowest BCUT2D eigenvalue weighted by molar-refractivity contribution is -0.890. The lowest BCUT2D eigenvalue weighted by atomic mass is 10.0. The number of quaternary nitrogens is 1. The van der Waals surface area contributed by atoms with Gasteiger partial charge in [-0.1, -0.05) is 103 Å². The van der Waals surface area contributed by atoms with Crippen molar-refractivity contribution in [2.45, 2.75) is 110 Å². The van der Waals surface area contributed by atoms with Gasteiger partial charge in [0.2, 0.25) is 0 Å². The minimum absolute atomic E-state index is 0.0829. The summed E-state index contributed by atoms with van der Waals surface area (Å²) >= 11 is 0. The van der Waals surface area contributed by atoms with Gasteiger partial charge in [0.1, 0.15) is 19.7 Å². The maximum absolute atomic E-state index is 11.9. The first-order valence-corrected chi connectivity index (χ1v) is 14.4. The van der Waals surface area contributed by atoms with E-state index in [1.54, 1.807) is 0 Å². The highest BCUT2D eigenvalue weighted by atomic mass is 31.2. The van der Waals surface area contributed by atoms with Gasteiger partial charge < -0.3 is 14.5 Å². The van der Waals surface area contributed by atoms with Crippen LogP contribution in [0.25, 0.3) is 0 Å². The van der Waals surface area contributed by atoms with E-state index in [-0.39, 0.29) is 19.8 Å². The molecule has 31 heavy (non-hydrogen) atoms. The normalized spacial score (nSPS) is 14.1. The summed E-state index contributed by atoms with van der Waals surface area (Å²) in [6.07, 6.45) is 20.8. The molecule has 0 amide bonds. The zero-order chi connectivity index (χ0) is 23.3. The molecule has 7 heteroatoms. The predicted molar refractivity (Wildman–Crippen MR) is 130 cm³/mol. The Morgan fingerprint density at radius 1 is 0.645 bits per heavy atom. The fourth-order valence-corrected chi connectivity index (χ4v) is 4.40. The Balaban J connectivity index is 3.37. The number of aliphatic hydroxyl groups excluding tert-OH is 1. The van der Waals surface area contributed by atoms with Crippen LogP contribution in [0.3, 0.4) is 0 Å². The van der Waals surface area contributed by atoms with Crippen molar-refractivity contribution < 1.29 is 28.1 Å². The quantitative estimate of drug-likeness (QED) is 0.0971. The number of likely N-dealkylation sites (N-methyl/N-ethyl adjacent to an activating group) is 1. The molecular formula is C24H53NO5P+. The van der Waals surface area contributed by atoms with E-state index in [4.69, 9.17) is 14.2 Å². The van der Waals surface area contributed by atoms with Crippen LogP contribution < -0.4 is 0 Å². The summed E-state index contributed by atoms with van der Waals surface area (Å²) in [6, 6.07) is 0. The van der Waals surface area contributed by atoms with E-state index in [0.29, 0.717) is 17.6 Å². The van der Waals surface area contributed by atoms with Gasteiger partial charge in [-0.15, -0.1) is 0 Å². The van der Waals surface area contributed by atoms with Crippen molar-refractivity contribution in [2.75, 3.05) is 47.0 Å². The van der Waals surface area contributed by atoms with Crippen LogP contribution in [0.4, 0.5) is 0 Å². The molecular weight excluding hydrogens is 413 g/mol. The van der Waals surface area contributed by atoms with Crippen LogP contribution in [0.15, 0.2) is 0 Å². The van der Waals surface area contributed by atoms with Gasteiger partial charge >= 0.3 is 7.82 Å². The molecule has 6 nitrogen and oxygen atoms in total. The number of nitrogens with zero attached hydrogens (tertiary/aromatic N) is 1. The molecule has 0 radical (unpaired) electrons. The predicted octanol–water partition coefficient (Wildman–Crippen LogP) is 6.45. The number of aliphatic hydroxyl groups is 1.